The molecular formula is C19H15BrClNO2S. The first-order chi connectivity index (χ1) is 12.0. The van der Waals surface area contributed by atoms with Crippen LogP contribution in [0.25, 0.3) is 0 Å². The van der Waals surface area contributed by atoms with Gasteiger partial charge in [0.05, 0.1) is 17.3 Å². The fraction of sp³-hybridized carbons (Fsp3) is 0.0526. The highest BCUT2D eigenvalue weighted by molar-refractivity contribution is 9.10. The smallest absolute Gasteiger partial charge is 0.262 e. The number of hydrogen-bond acceptors (Lipinski definition) is 2. The zero-order chi connectivity index (χ0) is 17.9. The van der Waals surface area contributed by atoms with Gasteiger partial charge in [-0.1, -0.05) is 76.1 Å². The topological polar surface area (TPSA) is 37.4 Å². The van der Waals surface area contributed by atoms with E-state index in [9.17, 15) is 8.42 Å². The van der Waals surface area contributed by atoms with Crippen molar-refractivity contribution in [3.8, 4) is 0 Å². The number of para-hydroxylation sites is 1. The van der Waals surface area contributed by atoms with Gasteiger partial charge in [0.2, 0.25) is 0 Å². The molecule has 6 heteroatoms. The van der Waals surface area contributed by atoms with Gasteiger partial charge in [-0.15, -0.1) is 0 Å². The van der Waals surface area contributed by atoms with E-state index in [1.54, 1.807) is 24.3 Å². The van der Waals surface area contributed by atoms with Crippen LogP contribution >= 0.6 is 27.5 Å². The Bertz CT molecular complexity index is 963. The van der Waals surface area contributed by atoms with E-state index in [2.05, 4.69) is 15.9 Å². The average Bonchev–Trinajstić information content (AvgIpc) is 2.61. The van der Waals surface area contributed by atoms with Gasteiger partial charge in [0, 0.05) is 4.47 Å². The SMILES string of the molecule is O=S(=O)(c1ccc(Br)cc1Cl)N(Cc1ccccc1)c1ccccc1. The molecule has 3 aromatic rings. The largest absolute Gasteiger partial charge is 0.266 e. The van der Waals surface area contributed by atoms with E-state index in [-0.39, 0.29) is 16.5 Å². The summed E-state index contributed by atoms with van der Waals surface area (Å²) in [6.45, 7) is 0.222. The maximum Gasteiger partial charge on any atom is 0.266 e. The lowest BCUT2D eigenvalue weighted by Gasteiger charge is -2.25. The summed E-state index contributed by atoms with van der Waals surface area (Å²) in [5.41, 5.74) is 1.48. The third-order valence-electron chi connectivity index (χ3n) is 3.68. The summed E-state index contributed by atoms with van der Waals surface area (Å²) in [5, 5.41) is 0.184. The van der Waals surface area contributed by atoms with E-state index in [4.69, 9.17) is 11.6 Å². The van der Waals surface area contributed by atoms with Gasteiger partial charge in [0.25, 0.3) is 10.0 Å². The zero-order valence-corrected chi connectivity index (χ0v) is 16.3. The highest BCUT2D eigenvalue weighted by Gasteiger charge is 2.27. The molecule has 0 saturated heterocycles. The predicted molar refractivity (Wildman–Crippen MR) is 105 cm³/mol. The van der Waals surface area contributed by atoms with Crippen LogP contribution in [0.3, 0.4) is 0 Å². The third kappa shape index (κ3) is 4.06. The molecule has 3 rings (SSSR count). The van der Waals surface area contributed by atoms with Crippen molar-refractivity contribution in [2.75, 3.05) is 4.31 Å². The maximum absolute atomic E-state index is 13.3. The summed E-state index contributed by atoms with van der Waals surface area (Å²) in [5.74, 6) is 0. The standard InChI is InChI=1S/C19H15BrClNO2S/c20-16-11-12-19(18(21)13-16)25(23,24)22(17-9-5-2-6-10-17)14-15-7-3-1-4-8-15/h1-13H,14H2. The second kappa shape index (κ2) is 7.60. The summed E-state index contributed by atoms with van der Waals surface area (Å²) >= 11 is 9.52. The lowest BCUT2D eigenvalue weighted by atomic mass is 10.2. The Morgan fingerprint density at radius 3 is 2.08 bits per heavy atom. The lowest BCUT2D eigenvalue weighted by Crippen LogP contribution is -2.30. The monoisotopic (exact) mass is 435 g/mol. The van der Waals surface area contributed by atoms with Gasteiger partial charge in [0.15, 0.2) is 0 Å². The van der Waals surface area contributed by atoms with Gasteiger partial charge in [-0.2, -0.15) is 0 Å². The quantitative estimate of drug-likeness (QED) is 0.530. The van der Waals surface area contributed by atoms with Gasteiger partial charge in [-0.25, -0.2) is 8.42 Å². The third-order valence-corrected chi connectivity index (χ3v) is 6.43. The number of anilines is 1. The second-order valence-electron chi connectivity index (χ2n) is 5.41. The average molecular weight is 437 g/mol. The molecule has 0 saturated carbocycles. The van der Waals surface area contributed by atoms with Crippen LogP contribution in [-0.2, 0) is 16.6 Å². The Morgan fingerprint density at radius 1 is 0.880 bits per heavy atom. The van der Waals surface area contributed by atoms with E-state index in [0.29, 0.717) is 5.69 Å². The molecular weight excluding hydrogens is 422 g/mol. The molecule has 0 aliphatic carbocycles. The van der Waals surface area contributed by atoms with Crippen molar-refractivity contribution < 1.29 is 8.42 Å². The van der Waals surface area contributed by atoms with Crippen molar-refractivity contribution in [2.45, 2.75) is 11.4 Å². The summed E-state index contributed by atoms with van der Waals surface area (Å²) in [6, 6.07) is 23.3. The van der Waals surface area contributed by atoms with Crippen LogP contribution in [0.5, 0.6) is 0 Å². The molecule has 0 fully saturated rings. The molecule has 0 aromatic heterocycles. The second-order valence-corrected chi connectivity index (χ2v) is 8.56. The summed E-state index contributed by atoms with van der Waals surface area (Å²) < 4.78 is 28.7. The molecule has 0 spiro atoms. The fourth-order valence-corrected chi connectivity index (χ4v) is 4.93. The van der Waals surface area contributed by atoms with Gasteiger partial charge in [-0.05, 0) is 35.9 Å². The van der Waals surface area contributed by atoms with Crippen molar-refractivity contribution >= 4 is 43.2 Å². The van der Waals surface area contributed by atoms with Crippen LogP contribution in [0.1, 0.15) is 5.56 Å². The summed E-state index contributed by atoms with van der Waals surface area (Å²) in [4.78, 5) is 0.0807. The van der Waals surface area contributed by atoms with Crippen molar-refractivity contribution in [3.05, 3.63) is 93.9 Å². The summed E-state index contributed by atoms with van der Waals surface area (Å²) in [6.07, 6.45) is 0. The van der Waals surface area contributed by atoms with E-state index in [0.717, 1.165) is 10.0 Å². The highest BCUT2D eigenvalue weighted by atomic mass is 79.9. The molecule has 0 unspecified atom stereocenters. The molecule has 25 heavy (non-hydrogen) atoms. The highest BCUT2D eigenvalue weighted by Crippen LogP contribution is 2.31. The van der Waals surface area contributed by atoms with Crippen molar-refractivity contribution in [2.24, 2.45) is 0 Å². The molecule has 0 aliphatic rings. The Balaban J connectivity index is 2.10. The minimum absolute atomic E-state index is 0.0807. The Morgan fingerprint density at radius 2 is 1.48 bits per heavy atom. The Labute approximate surface area is 161 Å². The number of sulfonamides is 1. The number of rotatable bonds is 5. The Hall–Kier alpha value is -1.82. The Kier molecular flexibility index (Phi) is 5.47. The first-order valence-electron chi connectivity index (χ1n) is 7.55. The van der Waals surface area contributed by atoms with Gasteiger partial charge in [-0.3, -0.25) is 4.31 Å². The van der Waals surface area contributed by atoms with Crippen LogP contribution in [0, 0.1) is 0 Å². The van der Waals surface area contributed by atoms with Crippen molar-refractivity contribution in [1.82, 2.24) is 0 Å². The molecule has 0 amide bonds. The summed E-state index contributed by atoms with van der Waals surface area (Å²) in [7, 11) is -3.82. The number of nitrogens with zero attached hydrogens (tertiary/aromatic N) is 1. The number of benzene rings is 3. The van der Waals surface area contributed by atoms with Gasteiger partial charge >= 0.3 is 0 Å². The van der Waals surface area contributed by atoms with Crippen LogP contribution in [0.15, 0.2) is 88.2 Å². The molecule has 0 aliphatic heterocycles. The first-order valence-corrected chi connectivity index (χ1v) is 10.2. The molecule has 0 atom stereocenters. The molecule has 0 N–H and O–H groups in total. The predicted octanol–water partition coefficient (Wildman–Crippen LogP) is 5.50. The first kappa shape index (κ1) is 18.0. The lowest BCUT2D eigenvalue weighted by molar-refractivity contribution is 0.590. The molecule has 0 bridgehead atoms. The molecule has 3 aromatic carbocycles. The van der Waals surface area contributed by atoms with E-state index in [1.807, 2.05) is 48.5 Å². The molecule has 0 radical (unpaired) electrons. The maximum atomic E-state index is 13.3. The van der Waals surface area contributed by atoms with Crippen LogP contribution in [0.2, 0.25) is 5.02 Å². The number of hydrogen-bond donors (Lipinski definition) is 0. The van der Waals surface area contributed by atoms with Gasteiger partial charge < -0.3 is 0 Å². The number of halogens is 2. The molecule has 128 valence electrons. The van der Waals surface area contributed by atoms with Crippen LogP contribution in [0.4, 0.5) is 5.69 Å². The normalized spacial score (nSPS) is 11.3. The fourth-order valence-electron chi connectivity index (χ4n) is 2.46. The minimum atomic E-state index is -3.82. The molecule has 3 nitrogen and oxygen atoms in total. The minimum Gasteiger partial charge on any atom is -0.262 e. The van der Waals surface area contributed by atoms with Crippen molar-refractivity contribution in [1.29, 1.82) is 0 Å². The van der Waals surface area contributed by atoms with Crippen LogP contribution in [-0.4, -0.2) is 8.42 Å². The van der Waals surface area contributed by atoms with E-state index < -0.39 is 10.0 Å². The van der Waals surface area contributed by atoms with E-state index in [1.165, 1.54) is 10.4 Å². The molecule has 0 heterocycles. The van der Waals surface area contributed by atoms with E-state index >= 15 is 0 Å². The van der Waals surface area contributed by atoms with Crippen LogP contribution < -0.4 is 4.31 Å². The zero-order valence-electron chi connectivity index (χ0n) is 13.1. The van der Waals surface area contributed by atoms with Gasteiger partial charge in [0.1, 0.15) is 4.90 Å². The van der Waals surface area contributed by atoms with Crippen molar-refractivity contribution in [3.63, 3.8) is 0 Å².